The van der Waals surface area contributed by atoms with Gasteiger partial charge in [-0.1, -0.05) is 6.08 Å². The topological polar surface area (TPSA) is 80.3 Å². The number of furan rings is 1. The molecule has 0 bridgehead atoms. The van der Waals surface area contributed by atoms with E-state index in [2.05, 4.69) is 17.0 Å². The molecule has 2 aromatic heterocycles. The van der Waals surface area contributed by atoms with Crippen molar-refractivity contribution in [2.75, 3.05) is 0 Å². The highest BCUT2D eigenvalue weighted by Crippen LogP contribution is 2.25. The highest BCUT2D eigenvalue weighted by molar-refractivity contribution is 5.87. The molecule has 6 heteroatoms. The summed E-state index contributed by atoms with van der Waals surface area (Å²) in [4.78, 5) is 11.4. The second kappa shape index (κ2) is 6.19. The van der Waals surface area contributed by atoms with Gasteiger partial charge in [0.05, 0.1) is 19.1 Å². The molecule has 116 valence electrons. The quantitative estimate of drug-likeness (QED) is 0.798. The summed E-state index contributed by atoms with van der Waals surface area (Å²) in [5, 5.41) is 17.0. The van der Waals surface area contributed by atoms with Crippen molar-refractivity contribution in [3.63, 3.8) is 0 Å². The van der Waals surface area contributed by atoms with Crippen LogP contribution >= 0.6 is 0 Å². The monoisotopic (exact) mass is 301 g/mol. The summed E-state index contributed by atoms with van der Waals surface area (Å²) in [6.07, 6.45) is 7.58. The van der Waals surface area contributed by atoms with E-state index >= 15 is 0 Å². The molecule has 3 rings (SSSR count). The summed E-state index contributed by atoms with van der Waals surface area (Å²) in [7, 11) is 0. The molecule has 0 amide bonds. The zero-order valence-electron chi connectivity index (χ0n) is 12.3. The van der Waals surface area contributed by atoms with Crippen molar-refractivity contribution in [2.24, 2.45) is 0 Å². The zero-order valence-corrected chi connectivity index (χ0v) is 12.3. The first-order valence-electron chi connectivity index (χ1n) is 7.36. The highest BCUT2D eigenvalue weighted by atomic mass is 16.4. The van der Waals surface area contributed by atoms with Gasteiger partial charge in [0.25, 0.3) is 0 Å². The molecular formula is C16H19N3O3. The van der Waals surface area contributed by atoms with E-state index in [1.807, 2.05) is 6.07 Å². The minimum Gasteiger partial charge on any atom is -0.476 e. The Balaban J connectivity index is 1.76. The third-order valence-corrected chi connectivity index (χ3v) is 4.03. The zero-order chi connectivity index (χ0) is 15.5. The predicted molar refractivity (Wildman–Crippen MR) is 80.7 cm³/mol. The van der Waals surface area contributed by atoms with Crippen molar-refractivity contribution in [2.45, 2.75) is 38.4 Å². The average molecular weight is 301 g/mol. The molecule has 6 nitrogen and oxygen atoms in total. The number of hydrogen-bond acceptors (Lipinski definition) is 4. The van der Waals surface area contributed by atoms with Gasteiger partial charge < -0.3 is 14.8 Å². The molecule has 22 heavy (non-hydrogen) atoms. The van der Waals surface area contributed by atoms with Crippen LogP contribution < -0.4 is 5.32 Å². The SMILES string of the molecule is C=CCn1nc(C(=O)O)c2c1CCC(NCc1ccoc1)C2. The van der Waals surface area contributed by atoms with E-state index in [0.29, 0.717) is 13.0 Å². The van der Waals surface area contributed by atoms with Crippen LogP contribution in [0.5, 0.6) is 0 Å². The lowest BCUT2D eigenvalue weighted by Crippen LogP contribution is -2.34. The van der Waals surface area contributed by atoms with Crippen LogP contribution in [-0.4, -0.2) is 26.9 Å². The molecule has 2 N–H and O–H groups in total. The van der Waals surface area contributed by atoms with Crippen molar-refractivity contribution in [3.05, 3.63) is 53.8 Å². The summed E-state index contributed by atoms with van der Waals surface area (Å²) in [5.41, 5.74) is 3.14. The smallest absolute Gasteiger partial charge is 0.356 e. The first kappa shape index (κ1) is 14.6. The van der Waals surface area contributed by atoms with Crippen LogP contribution in [0.15, 0.2) is 35.7 Å². The maximum Gasteiger partial charge on any atom is 0.356 e. The number of rotatable bonds is 6. The van der Waals surface area contributed by atoms with Crippen LogP contribution in [0.2, 0.25) is 0 Å². The Morgan fingerprint density at radius 3 is 3.18 bits per heavy atom. The van der Waals surface area contributed by atoms with Gasteiger partial charge in [0.15, 0.2) is 5.69 Å². The van der Waals surface area contributed by atoms with Crippen molar-refractivity contribution in [1.29, 1.82) is 0 Å². The van der Waals surface area contributed by atoms with E-state index in [1.165, 1.54) is 0 Å². The van der Waals surface area contributed by atoms with Crippen molar-refractivity contribution >= 4 is 5.97 Å². The number of aromatic carboxylic acids is 1. The van der Waals surface area contributed by atoms with Crippen LogP contribution in [0.1, 0.15) is 33.7 Å². The van der Waals surface area contributed by atoms with Gasteiger partial charge in [0.1, 0.15) is 0 Å². The number of fused-ring (bicyclic) bond motifs is 1. The van der Waals surface area contributed by atoms with Gasteiger partial charge in [0, 0.05) is 29.4 Å². The summed E-state index contributed by atoms with van der Waals surface area (Å²) in [6.45, 7) is 4.97. The third-order valence-electron chi connectivity index (χ3n) is 4.03. The van der Waals surface area contributed by atoms with E-state index in [0.717, 1.165) is 36.2 Å². The van der Waals surface area contributed by atoms with E-state index in [-0.39, 0.29) is 11.7 Å². The normalized spacial score (nSPS) is 17.2. The molecule has 1 aliphatic carbocycles. The Kier molecular flexibility index (Phi) is 4.11. The number of carboxylic acid groups (broad SMARTS) is 1. The Hall–Kier alpha value is -2.34. The van der Waals surface area contributed by atoms with Crippen molar-refractivity contribution in [1.82, 2.24) is 15.1 Å². The summed E-state index contributed by atoms with van der Waals surface area (Å²) in [6, 6.07) is 2.17. The number of allylic oxidation sites excluding steroid dienone is 1. The Morgan fingerprint density at radius 1 is 1.64 bits per heavy atom. The minimum atomic E-state index is -0.963. The minimum absolute atomic E-state index is 0.173. The first-order chi connectivity index (χ1) is 10.7. The molecular weight excluding hydrogens is 282 g/mol. The van der Waals surface area contributed by atoms with Gasteiger partial charge in [-0.2, -0.15) is 5.10 Å². The van der Waals surface area contributed by atoms with Crippen molar-refractivity contribution in [3.8, 4) is 0 Å². The fourth-order valence-electron chi connectivity index (χ4n) is 2.96. The molecule has 0 radical (unpaired) electrons. The molecule has 0 fully saturated rings. The number of carboxylic acids is 1. The third kappa shape index (κ3) is 2.82. The van der Waals surface area contributed by atoms with Crippen LogP contribution in [0.25, 0.3) is 0 Å². The summed E-state index contributed by atoms with van der Waals surface area (Å²) in [5.74, 6) is -0.963. The standard InChI is InChI=1S/C16H19N3O3/c1-2-6-19-14-4-3-12(17-9-11-5-7-22-10-11)8-13(14)15(18-19)16(20)21/h2,5,7,10,12,17H,1,3-4,6,8-9H2,(H,20,21). The molecule has 2 heterocycles. The fourth-order valence-corrected chi connectivity index (χ4v) is 2.96. The van der Waals surface area contributed by atoms with Gasteiger partial charge in [-0.25, -0.2) is 4.79 Å². The van der Waals surface area contributed by atoms with Gasteiger partial charge in [-0.15, -0.1) is 6.58 Å². The second-order valence-corrected chi connectivity index (χ2v) is 5.50. The van der Waals surface area contributed by atoms with E-state index in [4.69, 9.17) is 4.42 Å². The summed E-state index contributed by atoms with van der Waals surface area (Å²) >= 11 is 0. The lowest BCUT2D eigenvalue weighted by atomic mass is 9.91. The lowest BCUT2D eigenvalue weighted by Gasteiger charge is -2.24. The van der Waals surface area contributed by atoms with Crippen LogP contribution in [0.3, 0.4) is 0 Å². The van der Waals surface area contributed by atoms with E-state index in [1.54, 1.807) is 23.3 Å². The van der Waals surface area contributed by atoms with Gasteiger partial charge in [0.2, 0.25) is 0 Å². The van der Waals surface area contributed by atoms with E-state index < -0.39 is 5.97 Å². The van der Waals surface area contributed by atoms with Crippen molar-refractivity contribution < 1.29 is 14.3 Å². The molecule has 0 saturated carbocycles. The number of nitrogens with zero attached hydrogens (tertiary/aromatic N) is 2. The summed E-state index contributed by atoms with van der Waals surface area (Å²) < 4.78 is 6.81. The maximum absolute atomic E-state index is 11.4. The molecule has 0 spiro atoms. The number of carbonyl (C=O) groups is 1. The van der Waals surface area contributed by atoms with E-state index in [9.17, 15) is 9.90 Å². The Morgan fingerprint density at radius 2 is 2.50 bits per heavy atom. The number of hydrogen-bond donors (Lipinski definition) is 2. The second-order valence-electron chi connectivity index (χ2n) is 5.50. The molecule has 1 atom stereocenters. The predicted octanol–water partition coefficient (Wildman–Crippen LogP) is 2.01. The number of nitrogens with one attached hydrogen (secondary N) is 1. The molecule has 1 unspecified atom stereocenters. The largest absolute Gasteiger partial charge is 0.476 e. The molecule has 0 saturated heterocycles. The molecule has 0 aliphatic heterocycles. The molecule has 2 aromatic rings. The van der Waals surface area contributed by atoms with Gasteiger partial charge >= 0.3 is 5.97 Å². The molecule has 1 aliphatic rings. The van der Waals surface area contributed by atoms with Gasteiger partial charge in [-0.3, -0.25) is 4.68 Å². The van der Waals surface area contributed by atoms with Crippen LogP contribution in [0.4, 0.5) is 0 Å². The highest BCUT2D eigenvalue weighted by Gasteiger charge is 2.28. The lowest BCUT2D eigenvalue weighted by molar-refractivity contribution is 0.0688. The van der Waals surface area contributed by atoms with Crippen LogP contribution in [-0.2, 0) is 25.9 Å². The fraction of sp³-hybridized carbons (Fsp3) is 0.375. The first-order valence-corrected chi connectivity index (χ1v) is 7.36. The average Bonchev–Trinajstić information content (AvgIpc) is 3.13. The maximum atomic E-state index is 11.4. The Bertz CT molecular complexity index is 673. The Labute approximate surface area is 128 Å². The van der Waals surface area contributed by atoms with Gasteiger partial charge in [-0.05, 0) is 25.3 Å². The molecule has 0 aromatic carbocycles. The number of aromatic nitrogens is 2. The van der Waals surface area contributed by atoms with Crippen LogP contribution in [0, 0.1) is 0 Å².